The van der Waals surface area contributed by atoms with E-state index in [9.17, 15) is 18.7 Å². The minimum absolute atomic E-state index is 0.230. The van der Waals surface area contributed by atoms with Gasteiger partial charge in [0, 0.05) is 24.2 Å². The minimum Gasteiger partial charge on any atom is -0.444 e. The molecule has 1 aliphatic rings. The molecule has 158 valence electrons. The summed E-state index contributed by atoms with van der Waals surface area (Å²) in [6.07, 6.45) is 2.98. The number of carbonyl (C=O) groups excluding carboxylic acids is 1. The summed E-state index contributed by atoms with van der Waals surface area (Å²) in [6, 6.07) is 3.42. The van der Waals surface area contributed by atoms with E-state index in [-0.39, 0.29) is 12.1 Å². The van der Waals surface area contributed by atoms with Crippen LogP contribution in [0.5, 0.6) is 0 Å². The van der Waals surface area contributed by atoms with E-state index in [4.69, 9.17) is 4.74 Å². The number of alkyl carbamates (subject to hydrolysis) is 1. The van der Waals surface area contributed by atoms with Crippen LogP contribution in [0.1, 0.15) is 64.5 Å². The molecule has 2 rings (SSSR count). The van der Waals surface area contributed by atoms with E-state index >= 15 is 0 Å². The first-order valence-electron chi connectivity index (χ1n) is 9.97. The number of hydrogen-bond donors (Lipinski definition) is 3. The molecule has 1 aromatic carbocycles. The van der Waals surface area contributed by atoms with Crippen molar-refractivity contribution in [2.24, 2.45) is 5.92 Å². The standard InChI is InChI=1S/C21H32F2N2O3/c1-21(2,3)28-20(27)24-9-5-4-6-19(25-13-14-10-16(26)11-14)17-8-7-15(22)12-18(17)23/h7-8,12,14,16,19,25-26H,4-6,9-11,13H2,1-3H3,(H,24,27). The maximum Gasteiger partial charge on any atom is 0.407 e. The summed E-state index contributed by atoms with van der Waals surface area (Å²) >= 11 is 0. The highest BCUT2D eigenvalue weighted by Gasteiger charge is 2.28. The number of aliphatic hydroxyl groups is 1. The van der Waals surface area contributed by atoms with E-state index in [1.807, 2.05) is 0 Å². The predicted octanol–water partition coefficient (Wildman–Crippen LogP) is 4.06. The van der Waals surface area contributed by atoms with Gasteiger partial charge in [-0.05, 0) is 71.4 Å². The fourth-order valence-corrected chi connectivity index (χ4v) is 3.31. The lowest BCUT2D eigenvalue weighted by Gasteiger charge is -2.33. The first kappa shape index (κ1) is 22.6. The minimum atomic E-state index is -0.594. The molecule has 1 aliphatic carbocycles. The van der Waals surface area contributed by atoms with Gasteiger partial charge in [0.2, 0.25) is 0 Å². The van der Waals surface area contributed by atoms with Crippen LogP contribution >= 0.6 is 0 Å². The van der Waals surface area contributed by atoms with Crippen LogP contribution in [0.25, 0.3) is 0 Å². The van der Waals surface area contributed by atoms with Gasteiger partial charge < -0.3 is 20.5 Å². The molecule has 0 saturated heterocycles. The number of hydrogen-bond acceptors (Lipinski definition) is 4. The lowest BCUT2D eigenvalue weighted by molar-refractivity contribution is 0.0415. The Morgan fingerprint density at radius 3 is 2.61 bits per heavy atom. The average Bonchev–Trinajstić information content (AvgIpc) is 2.54. The molecule has 1 fully saturated rings. The van der Waals surface area contributed by atoms with Crippen LogP contribution in [0.2, 0.25) is 0 Å². The van der Waals surface area contributed by atoms with Gasteiger partial charge in [0.25, 0.3) is 0 Å². The molecule has 0 heterocycles. The summed E-state index contributed by atoms with van der Waals surface area (Å²) in [6.45, 7) is 6.58. The Morgan fingerprint density at radius 1 is 1.29 bits per heavy atom. The van der Waals surface area contributed by atoms with Gasteiger partial charge >= 0.3 is 6.09 Å². The Bertz CT molecular complexity index is 643. The fraction of sp³-hybridized carbons (Fsp3) is 0.667. The van der Waals surface area contributed by atoms with Crippen LogP contribution < -0.4 is 10.6 Å². The molecule has 0 radical (unpaired) electrons. The number of carbonyl (C=O) groups is 1. The molecule has 1 amide bonds. The van der Waals surface area contributed by atoms with E-state index < -0.39 is 23.3 Å². The summed E-state index contributed by atoms with van der Waals surface area (Å²) in [5.41, 5.74) is -0.0877. The predicted molar refractivity (Wildman–Crippen MR) is 104 cm³/mol. The van der Waals surface area contributed by atoms with E-state index in [1.54, 1.807) is 20.8 Å². The molecule has 0 bridgehead atoms. The molecule has 7 heteroatoms. The second-order valence-electron chi connectivity index (χ2n) is 8.54. The van der Waals surface area contributed by atoms with Crippen LogP contribution in [-0.2, 0) is 4.74 Å². The Hall–Kier alpha value is -1.73. The van der Waals surface area contributed by atoms with Crippen molar-refractivity contribution in [1.29, 1.82) is 0 Å². The molecule has 5 nitrogen and oxygen atoms in total. The van der Waals surface area contributed by atoms with Gasteiger partial charge in [0.05, 0.1) is 6.10 Å². The molecular weight excluding hydrogens is 366 g/mol. The largest absolute Gasteiger partial charge is 0.444 e. The maximum atomic E-state index is 14.2. The van der Waals surface area contributed by atoms with E-state index in [1.165, 1.54) is 12.1 Å². The summed E-state index contributed by atoms with van der Waals surface area (Å²) in [4.78, 5) is 11.6. The third-order valence-electron chi connectivity index (χ3n) is 4.79. The number of benzene rings is 1. The van der Waals surface area contributed by atoms with Crippen molar-refractivity contribution in [2.45, 2.75) is 70.6 Å². The fourth-order valence-electron chi connectivity index (χ4n) is 3.31. The smallest absolute Gasteiger partial charge is 0.407 e. The van der Waals surface area contributed by atoms with Crippen LogP contribution in [-0.4, -0.2) is 36.0 Å². The van der Waals surface area contributed by atoms with Gasteiger partial charge in [-0.15, -0.1) is 0 Å². The highest BCUT2D eigenvalue weighted by atomic mass is 19.1. The van der Waals surface area contributed by atoms with Gasteiger partial charge in [-0.25, -0.2) is 13.6 Å². The lowest BCUT2D eigenvalue weighted by atomic mass is 9.82. The number of aliphatic hydroxyl groups excluding tert-OH is 1. The summed E-state index contributed by atoms with van der Waals surface area (Å²) < 4.78 is 32.7. The van der Waals surface area contributed by atoms with Crippen molar-refractivity contribution in [3.8, 4) is 0 Å². The van der Waals surface area contributed by atoms with Gasteiger partial charge in [0.1, 0.15) is 17.2 Å². The van der Waals surface area contributed by atoms with Crippen molar-refractivity contribution in [2.75, 3.05) is 13.1 Å². The number of nitrogens with one attached hydrogen (secondary N) is 2. The molecule has 0 spiro atoms. The topological polar surface area (TPSA) is 70.6 Å². The first-order valence-corrected chi connectivity index (χ1v) is 9.97. The zero-order chi connectivity index (χ0) is 20.7. The molecule has 0 aliphatic heterocycles. The van der Waals surface area contributed by atoms with Crippen LogP contribution in [0.3, 0.4) is 0 Å². The van der Waals surface area contributed by atoms with Crippen LogP contribution in [0.15, 0.2) is 18.2 Å². The van der Waals surface area contributed by atoms with E-state index in [0.29, 0.717) is 31.0 Å². The lowest BCUT2D eigenvalue weighted by Crippen LogP contribution is -2.37. The molecule has 1 aromatic rings. The third kappa shape index (κ3) is 7.72. The Balaban J connectivity index is 1.81. The van der Waals surface area contributed by atoms with Crippen LogP contribution in [0.4, 0.5) is 13.6 Å². The highest BCUT2D eigenvalue weighted by Crippen LogP contribution is 2.29. The molecular formula is C21H32F2N2O3. The van der Waals surface area contributed by atoms with Gasteiger partial charge in [-0.1, -0.05) is 6.07 Å². The van der Waals surface area contributed by atoms with Gasteiger partial charge in [-0.2, -0.15) is 0 Å². The van der Waals surface area contributed by atoms with Crippen molar-refractivity contribution >= 4 is 6.09 Å². The molecule has 1 saturated carbocycles. The van der Waals surface area contributed by atoms with Gasteiger partial charge in [-0.3, -0.25) is 0 Å². The Morgan fingerprint density at radius 2 is 2.00 bits per heavy atom. The second-order valence-corrected chi connectivity index (χ2v) is 8.54. The molecule has 28 heavy (non-hydrogen) atoms. The average molecular weight is 398 g/mol. The molecule has 0 aromatic heterocycles. The number of amides is 1. The van der Waals surface area contributed by atoms with Crippen molar-refractivity contribution < 1.29 is 23.4 Å². The second kappa shape index (κ2) is 10.2. The highest BCUT2D eigenvalue weighted by molar-refractivity contribution is 5.67. The van der Waals surface area contributed by atoms with E-state index in [2.05, 4.69) is 10.6 Å². The van der Waals surface area contributed by atoms with Gasteiger partial charge in [0.15, 0.2) is 0 Å². The summed E-state index contributed by atoms with van der Waals surface area (Å²) in [5.74, 6) is -0.767. The maximum absolute atomic E-state index is 14.2. The number of rotatable bonds is 9. The number of ether oxygens (including phenoxy) is 1. The number of unbranched alkanes of at least 4 members (excludes halogenated alkanes) is 1. The normalized spacial score (nSPS) is 20.4. The summed E-state index contributed by atoms with van der Waals surface area (Å²) in [7, 11) is 0. The summed E-state index contributed by atoms with van der Waals surface area (Å²) in [5, 5.41) is 15.5. The van der Waals surface area contributed by atoms with Crippen molar-refractivity contribution in [3.05, 3.63) is 35.4 Å². The Labute approximate surface area is 165 Å². The SMILES string of the molecule is CC(C)(C)OC(=O)NCCCCC(NCC1CC(O)C1)c1ccc(F)cc1F. The quantitative estimate of drug-likeness (QED) is 0.549. The van der Waals surface area contributed by atoms with E-state index in [0.717, 1.165) is 31.7 Å². The monoisotopic (exact) mass is 398 g/mol. The molecule has 1 atom stereocenters. The van der Waals surface area contributed by atoms with Crippen molar-refractivity contribution in [1.82, 2.24) is 10.6 Å². The van der Waals surface area contributed by atoms with Crippen LogP contribution in [0, 0.1) is 17.6 Å². The molecule has 3 N–H and O–H groups in total. The zero-order valence-electron chi connectivity index (χ0n) is 16.9. The Kier molecular flexibility index (Phi) is 8.19. The first-order chi connectivity index (χ1) is 13.1. The number of halogens is 2. The zero-order valence-corrected chi connectivity index (χ0v) is 16.9. The van der Waals surface area contributed by atoms with Crippen molar-refractivity contribution in [3.63, 3.8) is 0 Å². The molecule has 1 unspecified atom stereocenters. The third-order valence-corrected chi connectivity index (χ3v) is 4.79.